The van der Waals surface area contributed by atoms with Gasteiger partial charge in [-0.3, -0.25) is 0 Å². The lowest BCUT2D eigenvalue weighted by Crippen LogP contribution is -2.21. The Hall–Kier alpha value is -1.53. The Morgan fingerprint density at radius 1 is 1.33 bits per heavy atom. The number of methoxy groups -OCH3 is 1. The minimum atomic E-state index is 0.584. The Morgan fingerprint density at radius 3 is 2.61 bits per heavy atom. The molecule has 1 aromatic carbocycles. The van der Waals surface area contributed by atoms with Gasteiger partial charge in [-0.25, -0.2) is 0 Å². The summed E-state index contributed by atoms with van der Waals surface area (Å²) in [5, 5.41) is 12.4. The second kappa shape index (κ2) is 7.73. The Bertz CT molecular complexity index is 405. The van der Waals surface area contributed by atoms with Gasteiger partial charge in [-0.2, -0.15) is 5.26 Å². The standard InChI is InChI=1S/C15H22N2O/c1-4-12(5-2)10-17-11-13-6-7-14(9-16)15(8-13)18-3/h6-8,12,17H,4-5,10-11H2,1-3H3. The van der Waals surface area contributed by atoms with E-state index < -0.39 is 0 Å². The van der Waals surface area contributed by atoms with Gasteiger partial charge in [0, 0.05) is 6.54 Å². The van der Waals surface area contributed by atoms with E-state index in [1.165, 1.54) is 12.8 Å². The molecule has 0 aliphatic rings. The zero-order valence-corrected chi connectivity index (χ0v) is 11.5. The molecule has 0 unspecified atom stereocenters. The van der Waals surface area contributed by atoms with Gasteiger partial charge in [0.05, 0.1) is 12.7 Å². The lowest BCUT2D eigenvalue weighted by Gasteiger charge is -2.13. The van der Waals surface area contributed by atoms with Gasteiger partial charge < -0.3 is 10.1 Å². The Kier molecular flexibility index (Phi) is 6.24. The van der Waals surface area contributed by atoms with Crippen molar-refractivity contribution in [1.82, 2.24) is 5.32 Å². The van der Waals surface area contributed by atoms with Crippen LogP contribution in [0.2, 0.25) is 0 Å². The Labute approximate surface area is 110 Å². The van der Waals surface area contributed by atoms with Crippen molar-refractivity contribution in [1.29, 1.82) is 5.26 Å². The van der Waals surface area contributed by atoms with Gasteiger partial charge in [-0.05, 0) is 30.2 Å². The van der Waals surface area contributed by atoms with Crippen molar-refractivity contribution in [2.45, 2.75) is 33.2 Å². The van der Waals surface area contributed by atoms with Crippen LogP contribution in [-0.2, 0) is 6.54 Å². The lowest BCUT2D eigenvalue weighted by atomic mass is 10.0. The van der Waals surface area contributed by atoms with Crippen molar-refractivity contribution in [2.24, 2.45) is 5.92 Å². The maximum atomic E-state index is 8.91. The van der Waals surface area contributed by atoms with Gasteiger partial charge in [0.25, 0.3) is 0 Å². The summed E-state index contributed by atoms with van der Waals surface area (Å²) in [6.45, 7) is 6.30. The van der Waals surface area contributed by atoms with Crippen LogP contribution < -0.4 is 10.1 Å². The van der Waals surface area contributed by atoms with E-state index in [1.54, 1.807) is 7.11 Å². The van der Waals surface area contributed by atoms with Crippen LogP contribution in [0.3, 0.4) is 0 Å². The van der Waals surface area contributed by atoms with Crippen molar-refractivity contribution in [3.63, 3.8) is 0 Å². The van der Waals surface area contributed by atoms with Crippen LogP contribution in [0.15, 0.2) is 18.2 Å². The fourth-order valence-electron chi connectivity index (χ4n) is 1.94. The molecular weight excluding hydrogens is 224 g/mol. The summed E-state index contributed by atoms with van der Waals surface area (Å²) in [5.74, 6) is 1.39. The molecule has 0 aliphatic carbocycles. The minimum absolute atomic E-state index is 0.584. The first-order valence-corrected chi connectivity index (χ1v) is 6.52. The highest BCUT2D eigenvalue weighted by atomic mass is 16.5. The number of nitrogens with zero attached hydrogens (tertiary/aromatic N) is 1. The predicted octanol–water partition coefficient (Wildman–Crippen LogP) is 3.09. The zero-order chi connectivity index (χ0) is 13.4. The first-order valence-electron chi connectivity index (χ1n) is 6.52. The van der Waals surface area contributed by atoms with Crippen LogP contribution >= 0.6 is 0 Å². The summed E-state index contributed by atoms with van der Waals surface area (Å²) in [4.78, 5) is 0. The molecule has 0 aromatic heterocycles. The van der Waals surface area contributed by atoms with Gasteiger partial charge in [0.1, 0.15) is 11.8 Å². The van der Waals surface area contributed by atoms with Gasteiger partial charge in [-0.15, -0.1) is 0 Å². The van der Waals surface area contributed by atoms with Gasteiger partial charge >= 0.3 is 0 Å². The summed E-state index contributed by atoms with van der Waals surface area (Å²) < 4.78 is 5.20. The monoisotopic (exact) mass is 246 g/mol. The second-order valence-corrected chi connectivity index (χ2v) is 4.46. The second-order valence-electron chi connectivity index (χ2n) is 4.46. The first kappa shape index (κ1) is 14.5. The molecule has 0 heterocycles. The van der Waals surface area contributed by atoms with Crippen LogP contribution in [0.5, 0.6) is 5.75 Å². The van der Waals surface area contributed by atoms with E-state index in [1.807, 2.05) is 18.2 Å². The van der Waals surface area contributed by atoms with Gasteiger partial charge in [0.15, 0.2) is 0 Å². The fraction of sp³-hybridized carbons (Fsp3) is 0.533. The average molecular weight is 246 g/mol. The molecule has 0 fully saturated rings. The predicted molar refractivity (Wildman–Crippen MR) is 73.5 cm³/mol. The highest BCUT2D eigenvalue weighted by molar-refractivity contribution is 5.45. The normalized spacial score (nSPS) is 10.4. The molecule has 0 saturated heterocycles. The molecule has 0 atom stereocenters. The number of benzene rings is 1. The van der Waals surface area contributed by atoms with E-state index in [4.69, 9.17) is 10.00 Å². The molecule has 1 rings (SSSR count). The third-order valence-electron chi connectivity index (χ3n) is 3.30. The van der Waals surface area contributed by atoms with Crippen LogP contribution in [0, 0.1) is 17.2 Å². The molecule has 0 radical (unpaired) electrons. The van der Waals surface area contributed by atoms with Crippen LogP contribution in [0.1, 0.15) is 37.8 Å². The topological polar surface area (TPSA) is 45.0 Å². The molecule has 3 nitrogen and oxygen atoms in total. The van der Waals surface area contributed by atoms with E-state index in [0.717, 1.165) is 24.6 Å². The molecule has 0 saturated carbocycles. The van der Waals surface area contributed by atoms with Crippen molar-refractivity contribution in [3.8, 4) is 11.8 Å². The zero-order valence-electron chi connectivity index (χ0n) is 11.5. The van der Waals surface area contributed by atoms with E-state index in [2.05, 4.69) is 25.2 Å². The number of ether oxygens (including phenoxy) is 1. The highest BCUT2D eigenvalue weighted by Crippen LogP contribution is 2.19. The number of hydrogen-bond acceptors (Lipinski definition) is 3. The SMILES string of the molecule is CCC(CC)CNCc1ccc(C#N)c(OC)c1. The highest BCUT2D eigenvalue weighted by Gasteiger charge is 2.05. The largest absolute Gasteiger partial charge is 0.495 e. The smallest absolute Gasteiger partial charge is 0.136 e. The summed E-state index contributed by atoms with van der Waals surface area (Å²) >= 11 is 0. The molecule has 0 amide bonds. The molecule has 3 heteroatoms. The molecule has 0 bridgehead atoms. The lowest BCUT2D eigenvalue weighted by molar-refractivity contribution is 0.412. The van der Waals surface area contributed by atoms with Crippen molar-refractivity contribution < 1.29 is 4.74 Å². The molecule has 1 aromatic rings. The maximum Gasteiger partial charge on any atom is 0.136 e. The summed E-state index contributed by atoms with van der Waals surface area (Å²) in [5.41, 5.74) is 1.73. The summed E-state index contributed by atoms with van der Waals surface area (Å²) in [6, 6.07) is 7.84. The minimum Gasteiger partial charge on any atom is -0.495 e. The third kappa shape index (κ3) is 4.05. The Balaban J connectivity index is 2.56. The average Bonchev–Trinajstić information content (AvgIpc) is 2.43. The van der Waals surface area contributed by atoms with E-state index >= 15 is 0 Å². The van der Waals surface area contributed by atoms with Crippen LogP contribution in [0.4, 0.5) is 0 Å². The van der Waals surface area contributed by atoms with E-state index in [0.29, 0.717) is 11.3 Å². The third-order valence-corrected chi connectivity index (χ3v) is 3.30. The first-order chi connectivity index (χ1) is 8.74. The number of hydrogen-bond donors (Lipinski definition) is 1. The summed E-state index contributed by atoms with van der Waals surface area (Å²) in [6.07, 6.45) is 2.42. The van der Waals surface area contributed by atoms with E-state index in [9.17, 15) is 0 Å². The van der Waals surface area contributed by atoms with E-state index in [-0.39, 0.29) is 0 Å². The molecular formula is C15H22N2O. The number of nitrogens with one attached hydrogen (secondary N) is 1. The maximum absolute atomic E-state index is 8.91. The molecule has 0 spiro atoms. The van der Waals surface area contributed by atoms with Crippen molar-refractivity contribution in [3.05, 3.63) is 29.3 Å². The van der Waals surface area contributed by atoms with Crippen LogP contribution in [-0.4, -0.2) is 13.7 Å². The molecule has 98 valence electrons. The van der Waals surface area contributed by atoms with Crippen molar-refractivity contribution >= 4 is 0 Å². The van der Waals surface area contributed by atoms with Crippen LogP contribution in [0.25, 0.3) is 0 Å². The Morgan fingerprint density at radius 2 is 2.06 bits per heavy atom. The molecule has 1 N–H and O–H groups in total. The fourth-order valence-corrected chi connectivity index (χ4v) is 1.94. The number of rotatable bonds is 7. The molecule has 0 aliphatic heterocycles. The summed E-state index contributed by atoms with van der Waals surface area (Å²) in [7, 11) is 1.59. The van der Waals surface area contributed by atoms with Gasteiger partial charge in [0.2, 0.25) is 0 Å². The molecule has 18 heavy (non-hydrogen) atoms. The van der Waals surface area contributed by atoms with Crippen molar-refractivity contribution in [2.75, 3.05) is 13.7 Å². The number of nitriles is 1. The quantitative estimate of drug-likeness (QED) is 0.804. The van der Waals surface area contributed by atoms with Gasteiger partial charge in [-0.1, -0.05) is 32.8 Å².